The lowest BCUT2D eigenvalue weighted by atomic mass is 9.99. The molecule has 2 aromatic rings. The molecule has 2 rings (SSSR count). The summed E-state index contributed by atoms with van der Waals surface area (Å²) in [5.74, 6) is 1.88. The summed E-state index contributed by atoms with van der Waals surface area (Å²) in [7, 11) is 0. The summed E-state index contributed by atoms with van der Waals surface area (Å²) >= 11 is 0. The second kappa shape index (κ2) is 7.60. The standard InChI is InChI=1S/C18H29N3/c1-5-11-19-15(4)12-14(3)13-18-20-16-9-7-8-10-17(16)21(18)6-2/h7-10,14-15,19H,5-6,11-13H2,1-4H3. The number of fused-ring (bicyclic) bond motifs is 1. The number of nitrogens with one attached hydrogen (secondary N) is 1. The number of benzene rings is 1. The summed E-state index contributed by atoms with van der Waals surface area (Å²) in [6, 6.07) is 9.03. The van der Waals surface area contributed by atoms with Crippen molar-refractivity contribution in [3.8, 4) is 0 Å². The maximum Gasteiger partial charge on any atom is 0.110 e. The first-order valence-electron chi connectivity index (χ1n) is 8.33. The van der Waals surface area contributed by atoms with Crippen molar-refractivity contribution >= 4 is 11.0 Å². The summed E-state index contributed by atoms with van der Waals surface area (Å²) in [6.07, 6.45) is 3.46. The van der Waals surface area contributed by atoms with Gasteiger partial charge in [-0.1, -0.05) is 26.0 Å². The van der Waals surface area contributed by atoms with Crippen molar-refractivity contribution in [3.63, 3.8) is 0 Å². The number of aryl methyl sites for hydroxylation is 1. The van der Waals surface area contributed by atoms with Crippen LogP contribution in [0.3, 0.4) is 0 Å². The number of nitrogens with zero attached hydrogens (tertiary/aromatic N) is 2. The fourth-order valence-electron chi connectivity index (χ4n) is 3.11. The zero-order chi connectivity index (χ0) is 15.2. The first kappa shape index (κ1) is 16.0. The minimum atomic E-state index is 0.583. The van der Waals surface area contributed by atoms with E-state index in [4.69, 9.17) is 4.98 Å². The van der Waals surface area contributed by atoms with Crippen LogP contribution >= 0.6 is 0 Å². The van der Waals surface area contributed by atoms with Crippen LogP contribution in [0.15, 0.2) is 24.3 Å². The van der Waals surface area contributed by atoms with Crippen LogP contribution < -0.4 is 5.32 Å². The van der Waals surface area contributed by atoms with Gasteiger partial charge in [0.05, 0.1) is 11.0 Å². The van der Waals surface area contributed by atoms with Crippen LogP contribution in [-0.2, 0) is 13.0 Å². The summed E-state index contributed by atoms with van der Waals surface area (Å²) in [4.78, 5) is 4.84. The van der Waals surface area contributed by atoms with Crippen LogP contribution in [0.1, 0.15) is 46.4 Å². The molecule has 0 aliphatic heterocycles. The molecule has 2 unspecified atom stereocenters. The van der Waals surface area contributed by atoms with E-state index in [2.05, 4.69) is 61.8 Å². The highest BCUT2D eigenvalue weighted by Gasteiger charge is 2.14. The van der Waals surface area contributed by atoms with Crippen LogP contribution in [0, 0.1) is 5.92 Å². The second-order valence-electron chi connectivity index (χ2n) is 6.16. The average Bonchev–Trinajstić information content (AvgIpc) is 2.81. The van der Waals surface area contributed by atoms with Crippen molar-refractivity contribution in [2.45, 2.75) is 59.5 Å². The van der Waals surface area contributed by atoms with Gasteiger partial charge in [0.1, 0.15) is 5.82 Å². The van der Waals surface area contributed by atoms with E-state index < -0.39 is 0 Å². The molecule has 1 N–H and O–H groups in total. The Labute approximate surface area is 128 Å². The quantitative estimate of drug-likeness (QED) is 0.795. The Morgan fingerprint density at radius 1 is 1.19 bits per heavy atom. The van der Waals surface area contributed by atoms with E-state index >= 15 is 0 Å². The minimum absolute atomic E-state index is 0.583. The Bertz CT molecular complexity index is 559. The van der Waals surface area contributed by atoms with Crippen molar-refractivity contribution < 1.29 is 0 Å². The van der Waals surface area contributed by atoms with Crippen molar-refractivity contribution in [1.29, 1.82) is 0 Å². The molecule has 1 aromatic heterocycles. The van der Waals surface area contributed by atoms with Gasteiger partial charge in [0.15, 0.2) is 0 Å². The molecule has 21 heavy (non-hydrogen) atoms. The van der Waals surface area contributed by atoms with E-state index in [1.165, 1.54) is 24.2 Å². The molecule has 3 nitrogen and oxygen atoms in total. The molecular formula is C18H29N3. The van der Waals surface area contributed by atoms with E-state index in [1.807, 2.05) is 0 Å². The largest absolute Gasteiger partial charge is 0.328 e. The molecule has 0 aliphatic carbocycles. The maximum absolute atomic E-state index is 4.84. The Morgan fingerprint density at radius 2 is 1.95 bits per heavy atom. The molecule has 0 bridgehead atoms. The molecule has 116 valence electrons. The highest BCUT2D eigenvalue weighted by Crippen LogP contribution is 2.20. The summed E-state index contributed by atoms with van der Waals surface area (Å²) in [5.41, 5.74) is 2.39. The number of aromatic nitrogens is 2. The Morgan fingerprint density at radius 3 is 2.67 bits per heavy atom. The number of para-hydroxylation sites is 2. The lowest BCUT2D eigenvalue weighted by Gasteiger charge is -2.18. The Hall–Kier alpha value is -1.35. The lowest BCUT2D eigenvalue weighted by Crippen LogP contribution is -2.29. The Kier molecular flexibility index (Phi) is 5.80. The van der Waals surface area contributed by atoms with Gasteiger partial charge < -0.3 is 9.88 Å². The molecule has 0 saturated heterocycles. The Balaban J connectivity index is 2.05. The predicted molar refractivity (Wildman–Crippen MR) is 90.6 cm³/mol. The fraction of sp³-hybridized carbons (Fsp3) is 0.611. The van der Waals surface area contributed by atoms with Gasteiger partial charge in [-0.3, -0.25) is 0 Å². The van der Waals surface area contributed by atoms with Crippen LogP contribution in [0.25, 0.3) is 11.0 Å². The van der Waals surface area contributed by atoms with E-state index in [-0.39, 0.29) is 0 Å². The SMILES string of the molecule is CCCNC(C)CC(C)Cc1nc2ccccc2n1CC. The van der Waals surface area contributed by atoms with Crippen molar-refractivity contribution in [2.24, 2.45) is 5.92 Å². The molecule has 0 saturated carbocycles. The third-order valence-electron chi connectivity index (χ3n) is 4.08. The first-order chi connectivity index (χ1) is 10.2. The molecule has 0 fully saturated rings. The average molecular weight is 287 g/mol. The van der Waals surface area contributed by atoms with Gasteiger partial charge in [-0.05, 0) is 51.3 Å². The molecule has 0 spiro atoms. The molecular weight excluding hydrogens is 258 g/mol. The second-order valence-corrected chi connectivity index (χ2v) is 6.16. The number of rotatable bonds is 8. The van der Waals surface area contributed by atoms with Crippen LogP contribution in [0.2, 0.25) is 0 Å². The van der Waals surface area contributed by atoms with Gasteiger partial charge in [-0.15, -0.1) is 0 Å². The smallest absolute Gasteiger partial charge is 0.110 e. The molecule has 0 radical (unpaired) electrons. The van der Waals surface area contributed by atoms with Gasteiger partial charge in [0.25, 0.3) is 0 Å². The molecule has 0 amide bonds. The van der Waals surface area contributed by atoms with Crippen molar-refractivity contribution in [2.75, 3.05) is 6.54 Å². The van der Waals surface area contributed by atoms with Gasteiger partial charge in [-0.25, -0.2) is 4.98 Å². The van der Waals surface area contributed by atoms with Crippen molar-refractivity contribution in [1.82, 2.24) is 14.9 Å². The summed E-state index contributed by atoms with van der Waals surface area (Å²) in [6.45, 7) is 11.1. The van der Waals surface area contributed by atoms with E-state index in [0.717, 1.165) is 25.0 Å². The van der Waals surface area contributed by atoms with Crippen molar-refractivity contribution in [3.05, 3.63) is 30.1 Å². The predicted octanol–water partition coefficient (Wildman–Crippen LogP) is 4.01. The molecule has 3 heteroatoms. The fourth-order valence-corrected chi connectivity index (χ4v) is 3.11. The molecule has 1 heterocycles. The monoisotopic (exact) mass is 287 g/mol. The third-order valence-corrected chi connectivity index (χ3v) is 4.08. The highest BCUT2D eigenvalue weighted by molar-refractivity contribution is 5.75. The van der Waals surface area contributed by atoms with Gasteiger partial charge in [-0.2, -0.15) is 0 Å². The van der Waals surface area contributed by atoms with Crippen LogP contribution in [0.4, 0.5) is 0 Å². The van der Waals surface area contributed by atoms with E-state index in [1.54, 1.807) is 0 Å². The molecule has 2 atom stereocenters. The summed E-state index contributed by atoms with van der Waals surface area (Å²) in [5, 5.41) is 3.58. The van der Waals surface area contributed by atoms with Gasteiger partial charge in [0, 0.05) is 19.0 Å². The first-order valence-corrected chi connectivity index (χ1v) is 8.33. The lowest BCUT2D eigenvalue weighted by molar-refractivity contribution is 0.411. The minimum Gasteiger partial charge on any atom is -0.328 e. The normalized spacial score (nSPS) is 14.5. The topological polar surface area (TPSA) is 29.9 Å². The van der Waals surface area contributed by atoms with Crippen LogP contribution in [0.5, 0.6) is 0 Å². The molecule has 0 aliphatic rings. The highest BCUT2D eigenvalue weighted by atomic mass is 15.1. The van der Waals surface area contributed by atoms with Crippen LogP contribution in [-0.4, -0.2) is 22.1 Å². The maximum atomic E-state index is 4.84. The van der Waals surface area contributed by atoms with E-state index in [9.17, 15) is 0 Å². The zero-order valence-corrected chi connectivity index (χ0v) is 13.9. The van der Waals surface area contributed by atoms with Gasteiger partial charge >= 0.3 is 0 Å². The number of imidazole rings is 1. The van der Waals surface area contributed by atoms with E-state index in [0.29, 0.717) is 12.0 Å². The number of hydrogen-bond donors (Lipinski definition) is 1. The zero-order valence-electron chi connectivity index (χ0n) is 13.9. The van der Waals surface area contributed by atoms with Gasteiger partial charge in [0.2, 0.25) is 0 Å². The third kappa shape index (κ3) is 4.07. The molecule has 1 aromatic carbocycles. The summed E-state index contributed by atoms with van der Waals surface area (Å²) < 4.78 is 2.36. The number of hydrogen-bond acceptors (Lipinski definition) is 2.